The molecule has 0 rings (SSSR count). The SMILES string of the molecule is CCO[PH](=O)C(C#N)OC(C)=O. The Morgan fingerprint density at radius 1 is 1.75 bits per heavy atom. The lowest BCUT2D eigenvalue weighted by Crippen LogP contribution is -2.10. The predicted octanol–water partition coefficient (Wildman–Crippen LogP) is 0.910. The van der Waals surface area contributed by atoms with Crippen LogP contribution in [0.25, 0.3) is 0 Å². The smallest absolute Gasteiger partial charge is 0.304 e. The molecule has 0 aliphatic heterocycles. The first-order chi connectivity index (χ1) is 5.61. The maximum Gasteiger partial charge on any atom is 0.304 e. The first-order valence-corrected chi connectivity index (χ1v) is 4.74. The second kappa shape index (κ2) is 5.76. The van der Waals surface area contributed by atoms with Gasteiger partial charge in [0.2, 0.25) is 8.03 Å². The molecule has 0 N–H and O–H groups in total. The Hall–Kier alpha value is -0.850. The summed E-state index contributed by atoms with van der Waals surface area (Å²) in [6.45, 7) is 3.02. The molecule has 0 aromatic rings. The predicted molar refractivity (Wildman–Crippen MR) is 41.8 cm³/mol. The summed E-state index contributed by atoms with van der Waals surface area (Å²) in [5.41, 5.74) is 0. The van der Waals surface area contributed by atoms with Gasteiger partial charge in [-0.1, -0.05) is 0 Å². The Kier molecular flexibility index (Phi) is 5.35. The van der Waals surface area contributed by atoms with Gasteiger partial charge in [0, 0.05) is 6.92 Å². The fourth-order valence-electron chi connectivity index (χ4n) is 0.511. The highest BCUT2D eigenvalue weighted by Crippen LogP contribution is 2.29. The number of carbonyl (C=O) groups is 1. The van der Waals surface area contributed by atoms with Gasteiger partial charge in [0.25, 0.3) is 5.85 Å². The van der Waals surface area contributed by atoms with Gasteiger partial charge in [-0.25, -0.2) is 0 Å². The summed E-state index contributed by atoms with van der Waals surface area (Å²) in [5.74, 6) is -1.90. The van der Waals surface area contributed by atoms with Crippen LogP contribution in [-0.2, 0) is 18.6 Å². The van der Waals surface area contributed by atoms with Crippen LogP contribution in [0.5, 0.6) is 0 Å². The zero-order valence-corrected chi connectivity index (χ0v) is 7.86. The molecule has 5 nitrogen and oxygen atoms in total. The van der Waals surface area contributed by atoms with E-state index >= 15 is 0 Å². The Balaban J connectivity index is 4.08. The maximum atomic E-state index is 11.0. The lowest BCUT2D eigenvalue weighted by Gasteiger charge is -2.07. The van der Waals surface area contributed by atoms with Crippen molar-refractivity contribution in [2.75, 3.05) is 6.61 Å². The number of nitriles is 1. The van der Waals surface area contributed by atoms with E-state index in [4.69, 9.17) is 5.26 Å². The van der Waals surface area contributed by atoms with Crippen LogP contribution in [0, 0.1) is 11.3 Å². The zero-order chi connectivity index (χ0) is 9.56. The van der Waals surface area contributed by atoms with Crippen molar-refractivity contribution in [2.45, 2.75) is 19.7 Å². The number of carbonyl (C=O) groups excluding carboxylic acids is 1. The summed E-state index contributed by atoms with van der Waals surface area (Å²) >= 11 is 0. The van der Waals surface area contributed by atoms with Crippen LogP contribution in [0.1, 0.15) is 13.8 Å². The molecule has 0 fully saturated rings. The average molecular weight is 191 g/mol. The molecule has 2 atom stereocenters. The van der Waals surface area contributed by atoms with Crippen molar-refractivity contribution in [1.82, 2.24) is 0 Å². The number of esters is 1. The van der Waals surface area contributed by atoms with Crippen LogP contribution in [0.3, 0.4) is 0 Å². The molecule has 0 amide bonds. The minimum absolute atomic E-state index is 0.233. The van der Waals surface area contributed by atoms with Gasteiger partial charge in [-0.2, -0.15) is 5.26 Å². The molecule has 12 heavy (non-hydrogen) atoms. The number of ether oxygens (including phenoxy) is 1. The fourth-order valence-corrected chi connectivity index (χ4v) is 1.31. The zero-order valence-electron chi connectivity index (χ0n) is 6.86. The van der Waals surface area contributed by atoms with Gasteiger partial charge in [0.05, 0.1) is 6.61 Å². The van der Waals surface area contributed by atoms with E-state index in [9.17, 15) is 9.36 Å². The van der Waals surface area contributed by atoms with E-state index in [2.05, 4.69) is 9.26 Å². The van der Waals surface area contributed by atoms with Gasteiger partial charge in [-0.05, 0) is 6.92 Å². The summed E-state index contributed by atoms with van der Waals surface area (Å²) in [7, 11) is -2.58. The lowest BCUT2D eigenvalue weighted by molar-refractivity contribution is -0.141. The molecule has 6 heteroatoms. The first kappa shape index (κ1) is 11.2. The molecule has 0 aliphatic rings. The average Bonchev–Trinajstić information content (AvgIpc) is 2.00. The third-order valence-electron chi connectivity index (χ3n) is 0.902. The van der Waals surface area contributed by atoms with Crippen LogP contribution in [0.15, 0.2) is 0 Å². The van der Waals surface area contributed by atoms with Gasteiger partial charge in [-0.15, -0.1) is 0 Å². The number of hydrogen-bond acceptors (Lipinski definition) is 5. The Morgan fingerprint density at radius 3 is 2.67 bits per heavy atom. The van der Waals surface area contributed by atoms with Crippen LogP contribution >= 0.6 is 8.03 Å². The number of nitrogens with zero attached hydrogens (tertiary/aromatic N) is 1. The molecular weight excluding hydrogens is 181 g/mol. The molecule has 0 aromatic heterocycles. The minimum Gasteiger partial charge on any atom is -0.437 e. The van der Waals surface area contributed by atoms with E-state index in [1.165, 1.54) is 0 Å². The van der Waals surface area contributed by atoms with Crippen LogP contribution in [-0.4, -0.2) is 18.4 Å². The molecule has 0 aromatic carbocycles. The summed E-state index contributed by atoms with van der Waals surface area (Å²) < 4.78 is 20.0. The highest BCUT2D eigenvalue weighted by Gasteiger charge is 2.18. The topological polar surface area (TPSA) is 76.4 Å². The molecular formula is C6H10NO4P. The van der Waals surface area contributed by atoms with E-state index in [0.717, 1.165) is 6.92 Å². The van der Waals surface area contributed by atoms with Gasteiger partial charge < -0.3 is 9.26 Å². The van der Waals surface area contributed by atoms with Crippen LogP contribution in [0.2, 0.25) is 0 Å². The second-order valence-electron chi connectivity index (χ2n) is 1.87. The number of rotatable bonds is 4. The monoisotopic (exact) mass is 191 g/mol. The molecule has 2 unspecified atom stereocenters. The Bertz CT molecular complexity index is 222. The van der Waals surface area contributed by atoms with Crippen molar-refractivity contribution >= 4 is 14.0 Å². The molecule has 68 valence electrons. The third kappa shape index (κ3) is 4.12. The summed E-state index contributed by atoms with van der Waals surface area (Å²) in [4.78, 5) is 10.4. The van der Waals surface area contributed by atoms with Gasteiger partial charge in [0.1, 0.15) is 6.07 Å². The van der Waals surface area contributed by atoms with Crippen LogP contribution in [0.4, 0.5) is 0 Å². The molecule has 0 saturated carbocycles. The Morgan fingerprint density at radius 2 is 2.33 bits per heavy atom. The molecule has 0 aliphatic carbocycles. The molecule has 0 heterocycles. The molecule has 0 bridgehead atoms. The van der Waals surface area contributed by atoms with Crippen LogP contribution < -0.4 is 0 Å². The van der Waals surface area contributed by atoms with Crippen molar-refractivity contribution in [3.8, 4) is 6.07 Å². The largest absolute Gasteiger partial charge is 0.437 e. The lowest BCUT2D eigenvalue weighted by atomic mass is 10.7. The molecule has 0 radical (unpaired) electrons. The van der Waals surface area contributed by atoms with E-state index < -0.39 is 19.8 Å². The van der Waals surface area contributed by atoms with Crippen molar-refractivity contribution in [3.05, 3.63) is 0 Å². The summed E-state index contributed by atoms with van der Waals surface area (Å²) in [5, 5.41) is 8.39. The van der Waals surface area contributed by atoms with Gasteiger partial charge in [-0.3, -0.25) is 9.36 Å². The van der Waals surface area contributed by atoms with Gasteiger partial charge >= 0.3 is 5.97 Å². The summed E-state index contributed by atoms with van der Waals surface area (Å²) in [6.07, 6.45) is 0. The first-order valence-electron chi connectivity index (χ1n) is 3.35. The highest BCUT2D eigenvalue weighted by molar-refractivity contribution is 7.40. The van der Waals surface area contributed by atoms with Crippen molar-refractivity contribution < 1.29 is 18.6 Å². The van der Waals surface area contributed by atoms with E-state index in [1.54, 1.807) is 13.0 Å². The van der Waals surface area contributed by atoms with Crippen molar-refractivity contribution in [3.63, 3.8) is 0 Å². The third-order valence-corrected chi connectivity index (χ3v) is 2.15. The maximum absolute atomic E-state index is 11.0. The van der Waals surface area contributed by atoms with E-state index in [1.807, 2.05) is 0 Å². The highest BCUT2D eigenvalue weighted by atomic mass is 31.1. The summed E-state index contributed by atoms with van der Waals surface area (Å²) in [6, 6.07) is 1.58. The van der Waals surface area contributed by atoms with E-state index in [0.29, 0.717) is 0 Å². The number of hydrogen-bond donors (Lipinski definition) is 0. The van der Waals surface area contributed by atoms with Crippen molar-refractivity contribution in [2.24, 2.45) is 0 Å². The molecule has 0 spiro atoms. The normalized spacial score (nSPS) is 14.4. The second-order valence-corrected chi connectivity index (χ2v) is 3.32. The molecule has 0 saturated heterocycles. The van der Waals surface area contributed by atoms with Crippen molar-refractivity contribution in [1.29, 1.82) is 5.26 Å². The quantitative estimate of drug-likeness (QED) is 0.487. The van der Waals surface area contributed by atoms with Gasteiger partial charge in [0.15, 0.2) is 0 Å². The van der Waals surface area contributed by atoms with E-state index in [-0.39, 0.29) is 6.61 Å². The Labute approximate surface area is 71.1 Å². The fraction of sp³-hybridized carbons (Fsp3) is 0.667. The minimum atomic E-state index is -2.58. The standard InChI is InChI=1S/C6H10NO4P/c1-3-10-12(9)6(4-7)11-5(2)8/h6,12H,3H2,1-2H3.